The second kappa shape index (κ2) is 6.95. The van der Waals surface area contributed by atoms with Crippen molar-refractivity contribution in [1.29, 1.82) is 0 Å². The fourth-order valence-corrected chi connectivity index (χ4v) is 3.24. The Morgan fingerprint density at radius 1 is 1.22 bits per heavy atom. The van der Waals surface area contributed by atoms with Crippen molar-refractivity contribution < 1.29 is 28.2 Å². The standard InChI is InChI=1S/C17H16F3N3O3S/c1-16(8-24,9-25)22-14(26)13-7-27-15-21-12(6-23(13)15)10-2-4-11(5-3-10)17(18,19)20/h2-7,24-25H,8-9H2,1H3,(H,22,26). The summed E-state index contributed by atoms with van der Waals surface area (Å²) in [5, 5.41) is 22.7. The van der Waals surface area contributed by atoms with Crippen LogP contribution in [-0.4, -0.2) is 44.3 Å². The van der Waals surface area contributed by atoms with E-state index in [1.807, 2.05) is 0 Å². The zero-order valence-electron chi connectivity index (χ0n) is 14.1. The molecule has 0 spiro atoms. The van der Waals surface area contributed by atoms with E-state index in [2.05, 4.69) is 10.3 Å². The number of benzene rings is 1. The topological polar surface area (TPSA) is 86.9 Å². The zero-order chi connectivity index (χ0) is 19.8. The van der Waals surface area contributed by atoms with Crippen LogP contribution in [0.15, 0.2) is 35.8 Å². The van der Waals surface area contributed by atoms with Gasteiger partial charge in [0.1, 0.15) is 5.69 Å². The van der Waals surface area contributed by atoms with Gasteiger partial charge in [-0.2, -0.15) is 13.2 Å². The van der Waals surface area contributed by atoms with Crippen LogP contribution in [0.3, 0.4) is 0 Å². The molecule has 0 fully saturated rings. The van der Waals surface area contributed by atoms with Crippen molar-refractivity contribution in [2.24, 2.45) is 0 Å². The predicted molar refractivity (Wildman–Crippen MR) is 93.5 cm³/mol. The summed E-state index contributed by atoms with van der Waals surface area (Å²) in [4.78, 5) is 17.3. The van der Waals surface area contributed by atoms with Crippen LogP contribution in [0.4, 0.5) is 13.2 Å². The van der Waals surface area contributed by atoms with Crippen LogP contribution in [0.5, 0.6) is 0 Å². The summed E-state index contributed by atoms with van der Waals surface area (Å²) in [6, 6.07) is 4.60. The summed E-state index contributed by atoms with van der Waals surface area (Å²) in [7, 11) is 0. The fourth-order valence-electron chi connectivity index (χ4n) is 2.38. The first-order chi connectivity index (χ1) is 12.7. The van der Waals surface area contributed by atoms with Gasteiger partial charge in [-0.1, -0.05) is 12.1 Å². The van der Waals surface area contributed by atoms with Gasteiger partial charge < -0.3 is 15.5 Å². The molecule has 3 rings (SSSR count). The van der Waals surface area contributed by atoms with E-state index in [-0.39, 0.29) is 5.69 Å². The van der Waals surface area contributed by atoms with Crippen molar-refractivity contribution >= 4 is 22.2 Å². The van der Waals surface area contributed by atoms with Gasteiger partial charge in [-0.15, -0.1) is 11.3 Å². The highest BCUT2D eigenvalue weighted by molar-refractivity contribution is 7.15. The molecule has 10 heteroatoms. The summed E-state index contributed by atoms with van der Waals surface area (Å²) in [6.45, 7) is 0.614. The zero-order valence-corrected chi connectivity index (χ0v) is 14.9. The highest BCUT2D eigenvalue weighted by Crippen LogP contribution is 2.31. The largest absolute Gasteiger partial charge is 0.416 e. The molecular formula is C17H16F3N3O3S. The molecule has 0 saturated carbocycles. The average molecular weight is 399 g/mol. The highest BCUT2D eigenvalue weighted by Gasteiger charge is 2.30. The molecular weight excluding hydrogens is 383 g/mol. The molecule has 3 aromatic rings. The summed E-state index contributed by atoms with van der Waals surface area (Å²) >= 11 is 1.19. The maximum atomic E-state index is 12.7. The number of halogens is 3. The number of rotatable bonds is 5. The molecule has 0 saturated heterocycles. The molecule has 6 nitrogen and oxygen atoms in total. The second-order valence-corrected chi connectivity index (χ2v) is 7.14. The first kappa shape index (κ1) is 19.3. The van der Waals surface area contributed by atoms with Crippen molar-refractivity contribution in [1.82, 2.24) is 14.7 Å². The van der Waals surface area contributed by atoms with Crippen LogP contribution in [0.1, 0.15) is 23.0 Å². The van der Waals surface area contributed by atoms with Crippen LogP contribution in [0.25, 0.3) is 16.2 Å². The number of thiazole rings is 1. The Morgan fingerprint density at radius 3 is 2.41 bits per heavy atom. The molecule has 27 heavy (non-hydrogen) atoms. The molecule has 0 aliphatic rings. The van der Waals surface area contributed by atoms with Crippen LogP contribution in [0, 0.1) is 0 Å². The lowest BCUT2D eigenvalue weighted by Crippen LogP contribution is -2.51. The van der Waals surface area contributed by atoms with Crippen LogP contribution < -0.4 is 5.32 Å². The van der Waals surface area contributed by atoms with Gasteiger partial charge in [-0.3, -0.25) is 9.20 Å². The monoisotopic (exact) mass is 399 g/mol. The first-order valence-corrected chi connectivity index (χ1v) is 8.73. The Labute approximate surface area is 155 Å². The number of nitrogens with one attached hydrogen (secondary N) is 1. The number of alkyl halides is 3. The van der Waals surface area contributed by atoms with Gasteiger partial charge in [-0.25, -0.2) is 4.98 Å². The summed E-state index contributed by atoms with van der Waals surface area (Å²) in [6.07, 6.45) is -2.86. The molecule has 0 aliphatic heterocycles. The maximum absolute atomic E-state index is 12.7. The van der Waals surface area contributed by atoms with E-state index in [4.69, 9.17) is 0 Å². The van der Waals surface area contributed by atoms with E-state index in [9.17, 15) is 28.2 Å². The molecule has 0 aliphatic carbocycles. The molecule has 3 N–H and O–H groups in total. The Kier molecular flexibility index (Phi) is 4.98. The van der Waals surface area contributed by atoms with E-state index >= 15 is 0 Å². The van der Waals surface area contributed by atoms with Gasteiger partial charge in [-0.05, 0) is 19.1 Å². The lowest BCUT2D eigenvalue weighted by Gasteiger charge is -2.25. The van der Waals surface area contributed by atoms with E-state index in [1.165, 1.54) is 34.8 Å². The van der Waals surface area contributed by atoms with Gasteiger partial charge in [0.15, 0.2) is 4.96 Å². The number of aromatic nitrogens is 2. The lowest BCUT2D eigenvalue weighted by molar-refractivity contribution is -0.137. The number of nitrogens with zero attached hydrogens (tertiary/aromatic N) is 2. The molecule has 0 unspecified atom stereocenters. The molecule has 144 valence electrons. The number of fused-ring (bicyclic) bond motifs is 1. The van der Waals surface area contributed by atoms with Crippen LogP contribution >= 0.6 is 11.3 Å². The maximum Gasteiger partial charge on any atom is 0.416 e. The smallest absolute Gasteiger partial charge is 0.394 e. The average Bonchev–Trinajstić information content (AvgIpc) is 3.21. The Bertz CT molecular complexity index is 959. The van der Waals surface area contributed by atoms with Gasteiger partial charge in [0.25, 0.3) is 5.91 Å². The van der Waals surface area contributed by atoms with Gasteiger partial charge in [0.05, 0.1) is 30.0 Å². The minimum absolute atomic E-state index is 0.244. The third-order valence-corrected chi connectivity index (χ3v) is 4.90. The second-order valence-electron chi connectivity index (χ2n) is 6.31. The molecule has 2 aromatic heterocycles. The van der Waals surface area contributed by atoms with Gasteiger partial charge in [0.2, 0.25) is 0 Å². The summed E-state index contributed by atoms with van der Waals surface area (Å²) < 4.78 is 39.5. The number of aliphatic hydroxyl groups is 2. The Morgan fingerprint density at radius 2 is 1.85 bits per heavy atom. The van der Waals surface area contributed by atoms with Crippen molar-refractivity contribution in [3.05, 3.63) is 47.1 Å². The van der Waals surface area contributed by atoms with E-state index < -0.39 is 36.4 Å². The van der Waals surface area contributed by atoms with Crippen molar-refractivity contribution in [3.63, 3.8) is 0 Å². The molecule has 0 atom stereocenters. The van der Waals surface area contributed by atoms with Crippen LogP contribution in [0.2, 0.25) is 0 Å². The van der Waals surface area contributed by atoms with Crippen molar-refractivity contribution in [2.45, 2.75) is 18.6 Å². The molecule has 1 amide bonds. The van der Waals surface area contributed by atoms with Gasteiger partial charge >= 0.3 is 6.18 Å². The number of amides is 1. The predicted octanol–water partition coefficient (Wildman–Crippen LogP) is 2.55. The number of hydrogen-bond donors (Lipinski definition) is 3. The fraction of sp³-hybridized carbons (Fsp3) is 0.294. The van der Waals surface area contributed by atoms with Gasteiger partial charge in [0, 0.05) is 17.1 Å². The molecule has 0 bridgehead atoms. The normalized spacial score (nSPS) is 12.5. The molecule has 0 radical (unpaired) electrons. The molecule has 2 heterocycles. The minimum Gasteiger partial charge on any atom is -0.394 e. The van der Waals surface area contributed by atoms with Crippen LogP contribution in [-0.2, 0) is 6.18 Å². The lowest BCUT2D eigenvalue weighted by atomic mass is 10.1. The number of carbonyl (C=O) groups excluding carboxylic acids is 1. The highest BCUT2D eigenvalue weighted by atomic mass is 32.1. The molecule has 1 aromatic carbocycles. The van der Waals surface area contributed by atoms with Crippen molar-refractivity contribution in [3.8, 4) is 11.3 Å². The summed E-state index contributed by atoms with van der Waals surface area (Å²) in [5.74, 6) is -0.511. The minimum atomic E-state index is -4.41. The SMILES string of the molecule is CC(CO)(CO)NC(=O)c1csc2nc(-c3ccc(C(F)(F)F)cc3)cn12. The summed E-state index contributed by atoms with van der Waals surface area (Å²) in [5.41, 5.74) is -0.770. The third kappa shape index (κ3) is 3.82. The van der Waals surface area contributed by atoms with E-state index in [0.29, 0.717) is 16.2 Å². The van der Waals surface area contributed by atoms with E-state index in [0.717, 1.165) is 12.1 Å². The number of carbonyl (C=O) groups is 1. The van der Waals surface area contributed by atoms with E-state index in [1.54, 1.807) is 11.6 Å². The quantitative estimate of drug-likeness (QED) is 0.616. The number of aliphatic hydroxyl groups excluding tert-OH is 2. The number of imidazole rings is 1. The Balaban J connectivity index is 1.90. The van der Waals surface area contributed by atoms with Crippen molar-refractivity contribution in [2.75, 3.05) is 13.2 Å². The third-order valence-electron chi connectivity index (χ3n) is 4.06. The number of hydrogen-bond acceptors (Lipinski definition) is 5. The first-order valence-electron chi connectivity index (χ1n) is 7.85. The Hall–Kier alpha value is -2.43.